The molecule has 1 N–H and O–H groups in total. The predicted octanol–water partition coefficient (Wildman–Crippen LogP) is 3.72. The van der Waals surface area contributed by atoms with Crippen LogP contribution in [0, 0.1) is 10.1 Å². The SMILES string of the molecule is CNC(=O)[C@H](C)N(Cc1cccc(Br)c1)C(=O)CN(c1cccc([N+](=O)[O-])c1)S(=O)(=O)c1ccccc1. The van der Waals surface area contributed by atoms with Crippen LogP contribution in [0.15, 0.2) is 88.2 Å². The van der Waals surface area contributed by atoms with E-state index in [1.54, 1.807) is 24.3 Å². The van der Waals surface area contributed by atoms with Crippen LogP contribution in [0.1, 0.15) is 12.5 Å². The van der Waals surface area contributed by atoms with Gasteiger partial charge < -0.3 is 10.2 Å². The first-order valence-corrected chi connectivity index (χ1v) is 13.4. The molecule has 0 saturated carbocycles. The van der Waals surface area contributed by atoms with Crippen LogP contribution in [0.4, 0.5) is 11.4 Å². The van der Waals surface area contributed by atoms with E-state index in [-0.39, 0.29) is 22.8 Å². The normalized spacial score (nSPS) is 11.9. The molecule has 0 fully saturated rings. The molecule has 194 valence electrons. The molecule has 0 bridgehead atoms. The Morgan fingerprint density at radius 1 is 1.03 bits per heavy atom. The van der Waals surface area contributed by atoms with Crippen molar-refractivity contribution in [2.75, 3.05) is 17.9 Å². The molecule has 1 atom stereocenters. The third kappa shape index (κ3) is 6.71. The number of amides is 2. The average molecular weight is 589 g/mol. The molecule has 0 spiro atoms. The van der Waals surface area contributed by atoms with Gasteiger partial charge in [-0.1, -0.05) is 52.3 Å². The van der Waals surface area contributed by atoms with Crippen LogP contribution < -0.4 is 9.62 Å². The molecule has 12 heteroatoms. The highest BCUT2D eigenvalue weighted by molar-refractivity contribution is 9.10. The van der Waals surface area contributed by atoms with Crippen molar-refractivity contribution in [2.45, 2.75) is 24.4 Å². The van der Waals surface area contributed by atoms with Gasteiger partial charge in [-0.3, -0.25) is 24.0 Å². The summed E-state index contributed by atoms with van der Waals surface area (Å²) in [5.41, 5.74) is 0.329. The fourth-order valence-electron chi connectivity index (χ4n) is 3.63. The first kappa shape index (κ1) is 27.8. The van der Waals surface area contributed by atoms with Gasteiger partial charge in [0, 0.05) is 30.2 Å². The highest BCUT2D eigenvalue weighted by atomic mass is 79.9. The zero-order chi connectivity index (χ0) is 27.2. The van der Waals surface area contributed by atoms with Gasteiger partial charge in [0.15, 0.2) is 0 Å². The largest absolute Gasteiger partial charge is 0.357 e. The molecule has 3 rings (SSSR count). The lowest BCUT2D eigenvalue weighted by Crippen LogP contribution is -2.50. The third-order valence-corrected chi connectivity index (χ3v) is 7.88. The second-order valence-electron chi connectivity index (χ2n) is 8.04. The van der Waals surface area contributed by atoms with Crippen LogP contribution in [0.2, 0.25) is 0 Å². The van der Waals surface area contributed by atoms with Gasteiger partial charge in [0.05, 0.1) is 15.5 Å². The first-order chi connectivity index (χ1) is 17.5. The number of nitro benzene ring substituents is 1. The lowest BCUT2D eigenvalue weighted by Gasteiger charge is -2.31. The van der Waals surface area contributed by atoms with Gasteiger partial charge in [0.25, 0.3) is 15.7 Å². The summed E-state index contributed by atoms with van der Waals surface area (Å²) in [5.74, 6) is -1.10. The molecule has 0 aromatic heterocycles. The number of benzene rings is 3. The van der Waals surface area contributed by atoms with Crippen LogP contribution in [-0.4, -0.2) is 49.7 Å². The Labute approximate surface area is 223 Å². The average Bonchev–Trinajstić information content (AvgIpc) is 2.89. The number of nitrogens with zero attached hydrogens (tertiary/aromatic N) is 3. The molecular weight excluding hydrogens is 564 g/mol. The number of nitro groups is 1. The minimum atomic E-state index is -4.30. The van der Waals surface area contributed by atoms with E-state index in [2.05, 4.69) is 21.2 Å². The quantitative estimate of drug-likeness (QED) is 0.284. The summed E-state index contributed by atoms with van der Waals surface area (Å²) in [5, 5.41) is 13.9. The number of sulfonamides is 1. The number of hydrogen-bond acceptors (Lipinski definition) is 6. The van der Waals surface area contributed by atoms with Crippen molar-refractivity contribution in [1.82, 2.24) is 10.2 Å². The molecule has 0 heterocycles. The maximum Gasteiger partial charge on any atom is 0.271 e. The first-order valence-electron chi connectivity index (χ1n) is 11.1. The third-order valence-electron chi connectivity index (χ3n) is 5.59. The van der Waals surface area contributed by atoms with Crippen molar-refractivity contribution in [3.05, 3.63) is 99.0 Å². The summed E-state index contributed by atoms with van der Waals surface area (Å²) in [6.07, 6.45) is 0. The van der Waals surface area contributed by atoms with Crippen molar-refractivity contribution in [3.63, 3.8) is 0 Å². The molecule has 3 aromatic carbocycles. The number of hydrogen-bond donors (Lipinski definition) is 1. The summed E-state index contributed by atoms with van der Waals surface area (Å²) in [7, 11) is -2.86. The number of rotatable bonds is 10. The van der Waals surface area contributed by atoms with Gasteiger partial charge in [-0.05, 0) is 42.8 Å². The molecule has 0 aliphatic heterocycles. The number of halogens is 1. The van der Waals surface area contributed by atoms with Crippen molar-refractivity contribution in [1.29, 1.82) is 0 Å². The van der Waals surface area contributed by atoms with Gasteiger partial charge in [-0.15, -0.1) is 0 Å². The summed E-state index contributed by atoms with van der Waals surface area (Å²) in [4.78, 5) is 38.1. The highest BCUT2D eigenvalue weighted by Crippen LogP contribution is 2.27. The fourth-order valence-corrected chi connectivity index (χ4v) is 5.51. The minimum Gasteiger partial charge on any atom is -0.357 e. The summed E-state index contributed by atoms with van der Waals surface area (Å²) >= 11 is 3.38. The van der Waals surface area contributed by atoms with E-state index in [0.29, 0.717) is 5.56 Å². The Bertz CT molecular complexity index is 1400. The molecule has 37 heavy (non-hydrogen) atoms. The predicted molar refractivity (Wildman–Crippen MR) is 142 cm³/mol. The number of non-ortho nitro benzene ring substituents is 1. The molecule has 2 amide bonds. The number of anilines is 1. The zero-order valence-electron chi connectivity index (χ0n) is 20.1. The molecule has 0 saturated heterocycles. The van der Waals surface area contributed by atoms with Gasteiger partial charge in [-0.2, -0.15) is 0 Å². The number of carbonyl (C=O) groups excluding carboxylic acids is 2. The summed E-state index contributed by atoms with van der Waals surface area (Å²) in [6, 6.07) is 18.7. The maximum atomic E-state index is 13.7. The highest BCUT2D eigenvalue weighted by Gasteiger charge is 2.32. The van der Waals surface area contributed by atoms with E-state index in [0.717, 1.165) is 14.8 Å². The second kappa shape index (κ2) is 12.0. The van der Waals surface area contributed by atoms with Crippen LogP contribution in [0.5, 0.6) is 0 Å². The minimum absolute atomic E-state index is 0.0288. The van der Waals surface area contributed by atoms with E-state index in [9.17, 15) is 28.1 Å². The molecule has 0 radical (unpaired) electrons. The molecular formula is C25H25BrN4O6S. The van der Waals surface area contributed by atoms with E-state index >= 15 is 0 Å². The molecule has 0 aliphatic rings. The number of carbonyl (C=O) groups is 2. The number of likely N-dealkylation sites (N-methyl/N-ethyl adjacent to an activating group) is 1. The number of nitrogens with one attached hydrogen (secondary N) is 1. The van der Waals surface area contributed by atoms with E-state index in [1.165, 1.54) is 61.3 Å². The van der Waals surface area contributed by atoms with Crippen molar-refractivity contribution >= 4 is 49.1 Å². The summed E-state index contributed by atoms with van der Waals surface area (Å²) < 4.78 is 28.9. The van der Waals surface area contributed by atoms with Crippen LogP contribution in [0.3, 0.4) is 0 Å². The Morgan fingerprint density at radius 3 is 2.32 bits per heavy atom. The van der Waals surface area contributed by atoms with Crippen LogP contribution in [-0.2, 0) is 26.2 Å². The molecule has 0 aliphatic carbocycles. The monoisotopic (exact) mass is 588 g/mol. The van der Waals surface area contributed by atoms with Crippen LogP contribution >= 0.6 is 15.9 Å². The molecule has 0 unspecified atom stereocenters. The lowest BCUT2D eigenvalue weighted by atomic mass is 10.1. The Hall–Kier alpha value is -3.77. The van der Waals surface area contributed by atoms with Crippen LogP contribution in [0.25, 0.3) is 0 Å². The fraction of sp³-hybridized carbons (Fsp3) is 0.200. The van der Waals surface area contributed by atoms with Crippen molar-refractivity contribution in [2.24, 2.45) is 0 Å². The van der Waals surface area contributed by atoms with Gasteiger partial charge in [-0.25, -0.2) is 8.42 Å². The zero-order valence-corrected chi connectivity index (χ0v) is 22.5. The standard InChI is InChI=1S/C25H25BrN4O6S/c1-18(25(32)27-2)28(16-19-8-6-9-20(26)14-19)24(31)17-29(21-10-7-11-22(15-21)30(33)34)37(35,36)23-12-4-3-5-13-23/h3-15,18H,16-17H2,1-2H3,(H,27,32)/t18-/m0/s1. The Balaban J connectivity index is 2.07. The van der Waals surface area contributed by atoms with Crippen molar-refractivity contribution in [3.8, 4) is 0 Å². The van der Waals surface area contributed by atoms with E-state index in [1.807, 2.05) is 6.07 Å². The topological polar surface area (TPSA) is 130 Å². The van der Waals surface area contributed by atoms with E-state index in [4.69, 9.17) is 0 Å². The maximum absolute atomic E-state index is 13.7. The van der Waals surface area contributed by atoms with Gasteiger partial charge in [0.2, 0.25) is 11.8 Å². The van der Waals surface area contributed by atoms with Crippen molar-refractivity contribution < 1.29 is 22.9 Å². The second-order valence-corrected chi connectivity index (χ2v) is 10.8. The summed E-state index contributed by atoms with van der Waals surface area (Å²) in [6.45, 7) is 0.882. The molecule has 3 aromatic rings. The van der Waals surface area contributed by atoms with Gasteiger partial charge in [0.1, 0.15) is 12.6 Å². The lowest BCUT2D eigenvalue weighted by molar-refractivity contribution is -0.384. The molecule has 10 nitrogen and oxygen atoms in total. The van der Waals surface area contributed by atoms with E-state index < -0.39 is 39.3 Å². The Morgan fingerprint density at radius 2 is 1.70 bits per heavy atom. The van der Waals surface area contributed by atoms with Gasteiger partial charge >= 0.3 is 0 Å². The smallest absolute Gasteiger partial charge is 0.271 e. The Kier molecular flexibility index (Phi) is 9.00.